The van der Waals surface area contributed by atoms with Crippen LogP contribution in [0.4, 0.5) is 0 Å². The molecule has 3 rings (SSSR count). The van der Waals surface area contributed by atoms with Crippen LogP contribution < -0.4 is 4.74 Å². The van der Waals surface area contributed by atoms with Crippen LogP contribution in [0.1, 0.15) is 12.8 Å². The maximum atomic E-state index is 6.41. The molecule has 1 nitrogen and oxygen atoms in total. The molecule has 4 heteroatoms. The van der Waals surface area contributed by atoms with Gasteiger partial charge in [-0.3, -0.25) is 0 Å². The Bertz CT molecular complexity index is 814. The summed E-state index contributed by atoms with van der Waals surface area (Å²) in [5, 5.41) is 5.33. The summed E-state index contributed by atoms with van der Waals surface area (Å²) < 4.78 is 6.07. The Kier molecular flexibility index (Phi) is 4.97. The van der Waals surface area contributed by atoms with E-state index in [1.165, 1.54) is 0 Å². The van der Waals surface area contributed by atoms with Gasteiger partial charge in [0.1, 0.15) is 5.75 Å². The summed E-state index contributed by atoms with van der Waals surface area (Å²) >= 11 is 18.5. The fraction of sp³-hybridized carbons (Fsp3) is 0.222. The van der Waals surface area contributed by atoms with Gasteiger partial charge in [-0.2, -0.15) is 0 Å². The monoisotopic (exact) mass is 352 g/mol. The lowest BCUT2D eigenvalue weighted by Gasteiger charge is -2.14. The highest BCUT2D eigenvalue weighted by Gasteiger charge is 2.13. The van der Waals surface area contributed by atoms with E-state index in [-0.39, 0.29) is 0 Å². The van der Waals surface area contributed by atoms with Crippen molar-refractivity contribution in [2.75, 3.05) is 12.5 Å². The van der Waals surface area contributed by atoms with Crippen molar-refractivity contribution < 1.29 is 4.74 Å². The van der Waals surface area contributed by atoms with Crippen molar-refractivity contribution in [3.63, 3.8) is 0 Å². The number of halogens is 3. The first-order chi connectivity index (χ1) is 10.7. The van der Waals surface area contributed by atoms with Gasteiger partial charge < -0.3 is 4.74 Å². The first kappa shape index (κ1) is 15.7. The summed E-state index contributed by atoms with van der Waals surface area (Å²) in [6, 6.07) is 13.7. The molecule has 0 amide bonds. The first-order valence-corrected chi connectivity index (χ1v) is 8.49. The number of ether oxygens (including phenoxy) is 1. The molecule has 0 spiro atoms. The predicted octanol–water partition coefficient (Wildman–Crippen LogP) is 6.70. The molecule has 0 heterocycles. The smallest absolute Gasteiger partial charge is 0.136 e. The Morgan fingerprint density at radius 2 is 1.64 bits per heavy atom. The highest BCUT2D eigenvalue weighted by atomic mass is 35.5. The van der Waals surface area contributed by atoms with Crippen LogP contribution in [0.3, 0.4) is 0 Å². The van der Waals surface area contributed by atoms with E-state index in [2.05, 4.69) is 6.07 Å². The van der Waals surface area contributed by atoms with Crippen molar-refractivity contribution in [2.24, 2.45) is 0 Å². The normalized spacial score (nSPS) is 11.2. The van der Waals surface area contributed by atoms with Gasteiger partial charge in [0.2, 0.25) is 0 Å². The Hall–Kier alpha value is -1.15. The number of fused-ring (bicyclic) bond motifs is 2. The van der Waals surface area contributed by atoms with E-state index in [0.717, 1.165) is 40.1 Å². The van der Waals surface area contributed by atoms with Crippen molar-refractivity contribution in [3.05, 3.63) is 52.5 Å². The van der Waals surface area contributed by atoms with E-state index >= 15 is 0 Å². The third-order valence-electron chi connectivity index (χ3n) is 3.64. The third kappa shape index (κ3) is 2.99. The molecular weight excluding hydrogens is 339 g/mol. The minimum absolute atomic E-state index is 0.610. The van der Waals surface area contributed by atoms with Crippen LogP contribution >= 0.6 is 34.8 Å². The molecule has 114 valence electrons. The molecule has 0 aromatic heterocycles. The van der Waals surface area contributed by atoms with Crippen molar-refractivity contribution in [3.8, 4) is 5.75 Å². The minimum atomic E-state index is 0.610. The quantitative estimate of drug-likeness (QED) is 0.282. The molecule has 0 atom stereocenters. The molecular formula is C18H15Cl3O. The largest absolute Gasteiger partial charge is 0.492 e. The van der Waals surface area contributed by atoms with Crippen LogP contribution in [0.25, 0.3) is 21.5 Å². The van der Waals surface area contributed by atoms with Gasteiger partial charge >= 0.3 is 0 Å². The van der Waals surface area contributed by atoms with Crippen molar-refractivity contribution >= 4 is 56.3 Å². The van der Waals surface area contributed by atoms with Crippen LogP contribution in [-0.2, 0) is 0 Å². The molecule has 0 radical (unpaired) electrons. The van der Waals surface area contributed by atoms with Crippen molar-refractivity contribution in [1.29, 1.82) is 0 Å². The topological polar surface area (TPSA) is 9.23 Å². The van der Waals surface area contributed by atoms with Crippen LogP contribution in [0, 0.1) is 0 Å². The molecule has 0 aliphatic heterocycles. The zero-order chi connectivity index (χ0) is 15.5. The summed E-state index contributed by atoms with van der Waals surface area (Å²) in [6.07, 6.45) is 1.84. The summed E-state index contributed by atoms with van der Waals surface area (Å²) in [5.41, 5.74) is 0. The number of benzene rings is 3. The minimum Gasteiger partial charge on any atom is -0.492 e. The highest BCUT2D eigenvalue weighted by Crippen LogP contribution is 2.40. The highest BCUT2D eigenvalue weighted by molar-refractivity contribution is 6.39. The Morgan fingerprint density at radius 1 is 0.864 bits per heavy atom. The second-order valence-electron chi connectivity index (χ2n) is 5.12. The number of alkyl halides is 1. The molecule has 22 heavy (non-hydrogen) atoms. The maximum absolute atomic E-state index is 6.41. The summed E-state index contributed by atoms with van der Waals surface area (Å²) in [7, 11) is 0. The molecule has 0 bridgehead atoms. The second kappa shape index (κ2) is 6.95. The van der Waals surface area contributed by atoms with Gasteiger partial charge in [0.15, 0.2) is 0 Å². The summed E-state index contributed by atoms with van der Waals surface area (Å²) in [5.74, 6) is 1.45. The molecule has 0 unspecified atom stereocenters. The van der Waals surface area contributed by atoms with E-state index in [1.54, 1.807) is 0 Å². The molecule has 3 aromatic carbocycles. The number of rotatable bonds is 5. The predicted molar refractivity (Wildman–Crippen MR) is 96.9 cm³/mol. The maximum Gasteiger partial charge on any atom is 0.136 e. The zero-order valence-electron chi connectivity index (χ0n) is 11.9. The average molecular weight is 354 g/mol. The van der Waals surface area contributed by atoms with Crippen molar-refractivity contribution in [2.45, 2.75) is 12.8 Å². The molecule has 0 fully saturated rings. The summed E-state index contributed by atoms with van der Waals surface area (Å²) in [6.45, 7) is 0.610. The average Bonchev–Trinajstić information content (AvgIpc) is 2.52. The van der Waals surface area contributed by atoms with Gasteiger partial charge in [0, 0.05) is 27.1 Å². The molecule has 3 aromatic rings. The summed E-state index contributed by atoms with van der Waals surface area (Å²) in [4.78, 5) is 0. The standard InChI is InChI=1S/C18H15Cl3O/c19-9-1-2-10-22-18-13-6-4-7-15(20)14(13)11-12-5-3-8-16(21)17(12)18/h3-8,11H,1-2,9-10H2. The Balaban J connectivity index is 2.20. The fourth-order valence-electron chi connectivity index (χ4n) is 2.59. The van der Waals surface area contributed by atoms with Crippen LogP contribution in [0.15, 0.2) is 42.5 Å². The number of hydrogen-bond donors (Lipinski definition) is 0. The van der Waals surface area contributed by atoms with Crippen LogP contribution in [0.5, 0.6) is 5.75 Å². The fourth-order valence-corrected chi connectivity index (χ4v) is 3.28. The molecule has 0 aliphatic rings. The molecule has 0 saturated heterocycles. The second-order valence-corrected chi connectivity index (χ2v) is 6.32. The Morgan fingerprint density at radius 3 is 2.45 bits per heavy atom. The molecule has 0 saturated carbocycles. The van der Waals surface area contributed by atoms with E-state index < -0.39 is 0 Å². The first-order valence-electron chi connectivity index (χ1n) is 7.20. The molecule has 0 aliphatic carbocycles. The van der Waals surface area contributed by atoms with Gasteiger partial charge in [-0.05, 0) is 36.4 Å². The SMILES string of the molecule is ClCCCCOc1c2cccc(Cl)c2cc2cccc(Cl)c12. The lowest BCUT2D eigenvalue weighted by molar-refractivity contribution is 0.317. The lowest BCUT2D eigenvalue weighted by atomic mass is 10.0. The lowest BCUT2D eigenvalue weighted by Crippen LogP contribution is -1.99. The van der Waals surface area contributed by atoms with Gasteiger partial charge in [-0.1, -0.05) is 47.5 Å². The van der Waals surface area contributed by atoms with Gasteiger partial charge in [-0.25, -0.2) is 0 Å². The van der Waals surface area contributed by atoms with Gasteiger partial charge in [-0.15, -0.1) is 11.6 Å². The van der Waals surface area contributed by atoms with E-state index in [9.17, 15) is 0 Å². The van der Waals surface area contributed by atoms with Crippen molar-refractivity contribution in [1.82, 2.24) is 0 Å². The molecule has 0 N–H and O–H groups in total. The Labute approximate surface area is 144 Å². The van der Waals surface area contributed by atoms with Gasteiger partial charge in [0.25, 0.3) is 0 Å². The van der Waals surface area contributed by atoms with Crippen LogP contribution in [0.2, 0.25) is 10.0 Å². The number of unbranched alkanes of at least 4 members (excludes halogenated alkanes) is 1. The van der Waals surface area contributed by atoms with E-state index in [1.807, 2.05) is 36.4 Å². The zero-order valence-corrected chi connectivity index (χ0v) is 14.2. The van der Waals surface area contributed by atoms with E-state index in [0.29, 0.717) is 22.5 Å². The van der Waals surface area contributed by atoms with Gasteiger partial charge in [0.05, 0.1) is 11.6 Å². The third-order valence-corrected chi connectivity index (χ3v) is 4.56. The van der Waals surface area contributed by atoms with Crippen LogP contribution in [-0.4, -0.2) is 12.5 Å². The number of hydrogen-bond acceptors (Lipinski definition) is 1. The van der Waals surface area contributed by atoms with E-state index in [4.69, 9.17) is 39.5 Å².